The first kappa shape index (κ1) is 12.3. The van der Waals surface area contributed by atoms with Gasteiger partial charge in [-0.05, 0) is 18.9 Å². The summed E-state index contributed by atoms with van der Waals surface area (Å²) in [5, 5.41) is 21.1. The summed E-state index contributed by atoms with van der Waals surface area (Å²) in [7, 11) is 0. The number of aliphatic hydroxyl groups is 1. The van der Waals surface area contributed by atoms with Gasteiger partial charge in [-0.1, -0.05) is 24.6 Å². The number of aliphatic hydroxyl groups excluding tert-OH is 1. The highest BCUT2D eigenvalue weighted by molar-refractivity contribution is 8.00. The molecule has 0 aliphatic heterocycles. The summed E-state index contributed by atoms with van der Waals surface area (Å²) in [6.45, 7) is 0. The van der Waals surface area contributed by atoms with Gasteiger partial charge >= 0.3 is 5.69 Å². The topological polar surface area (TPSA) is 76.3 Å². The zero-order valence-corrected chi connectivity index (χ0v) is 10.1. The van der Waals surface area contributed by atoms with Crippen LogP contribution in [0.3, 0.4) is 0 Å². The van der Waals surface area contributed by atoms with Crippen LogP contribution in [0.15, 0.2) is 23.4 Å². The van der Waals surface area contributed by atoms with Gasteiger partial charge in [-0.2, -0.15) is 0 Å². The Bertz CT molecular complexity index is 413. The summed E-state index contributed by atoms with van der Waals surface area (Å²) in [5.74, 6) is 0. The van der Waals surface area contributed by atoms with Crippen molar-refractivity contribution in [1.29, 1.82) is 0 Å². The Morgan fingerprint density at radius 3 is 2.94 bits per heavy atom. The molecule has 1 saturated carbocycles. The van der Waals surface area contributed by atoms with Crippen LogP contribution in [-0.4, -0.2) is 26.4 Å². The molecule has 1 aromatic rings. The second-order valence-electron chi connectivity index (χ2n) is 4.09. The standard InChI is InChI=1S/C11H14N2O3S/c14-9-5-1-2-6-10(9)17-11-8(13(15)16)4-3-7-12-11/h3-4,7,9-10,14H,1-2,5-6H2. The first-order valence-corrected chi connectivity index (χ1v) is 6.50. The van der Waals surface area contributed by atoms with E-state index in [4.69, 9.17) is 0 Å². The number of rotatable bonds is 3. The predicted octanol–water partition coefficient (Wildman–Crippen LogP) is 2.39. The van der Waals surface area contributed by atoms with E-state index in [0.717, 1.165) is 25.7 Å². The van der Waals surface area contributed by atoms with Crippen molar-refractivity contribution in [3.8, 4) is 0 Å². The second-order valence-corrected chi connectivity index (χ2v) is 5.32. The Morgan fingerprint density at radius 1 is 1.47 bits per heavy atom. The molecule has 17 heavy (non-hydrogen) atoms. The lowest BCUT2D eigenvalue weighted by Gasteiger charge is -2.26. The maximum atomic E-state index is 10.8. The highest BCUT2D eigenvalue weighted by Crippen LogP contribution is 2.36. The fourth-order valence-corrected chi connectivity index (χ4v) is 3.22. The Kier molecular flexibility index (Phi) is 3.96. The van der Waals surface area contributed by atoms with Crippen molar-refractivity contribution in [2.45, 2.75) is 42.1 Å². The quantitative estimate of drug-likeness (QED) is 0.662. The molecule has 0 spiro atoms. The molecule has 92 valence electrons. The van der Waals surface area contributed by atoms with Gasteiger partial charge in [0.1, 0.15) is 0 Å². The summed E-state index contributed by atoms with van der Waals surface area (Å²) in [4.78, 5) is 14.4. The molecule has 2 unspecified atom stereocenters. The molecule has 0 saturated heterocycles. The van der Waals surface area contributed by atoms with Gasteiger partial charge in [0, 0.05) is 17.5 Å². The molecule has 1 aliphatic carbocycles. The maximum absolute atomic E-state index is 10.8. The van der Waals surface area contributed by atoms with E-state index in [1.165, 1.54) is 17.8 Å². The number of hydrogen-bond donors (Lipinski definition) is 1. The molecular weight excluding hydrogens is 240 g/mol. The highest BCUT2D eigenvalue weighted by atomic mass is 32.2. The van der Waals surface area contributed by atoms with Crippen LogP contribution in [0.5, 0.6) is 0 Å². The van der Waals surface area contributed by atoms with E-state index in [1.54, 1.807) is 12.3 Å². The molecule has 1 aromatic heterocycles. The van der Waals surface area contributed by atoms with Crippen molar-refractivity contribution >= 4 is 17.4 Å². The van der Waals surface area contributed by atoms with Crippen molar-refractivity contribution in [3.63, 3.8) is 0 Å². The van der Waals surface area contributed by atoms with Crippen LogP contribution in [-0.2, 0) is 0 Å². The highest BCUT2D eigenvalue weighted by Gasteiger charge is 2.27. The SMILES string of the molecule is O=[N+]([O-])c1cccnc1SC1CCCCC1O. The molecular formula is C11H14N2O3S. The van der Waals surface area contributed by atoms with E-state index in [9.17, 15) is 15.2 Å². The largest absolute Gasteiger partial charge is 0.392 e. The molecule has 2 atom stereocenters. The number of aromatic nitrogens is 1. The van der Waals surface area contributed by atoms with E-state index in [2.05, 4.69) is 4.98 Å². The van der Waals surface area contributed by atoms with E-state index in [1.807, 2.05) is 0 Å². The van der Waals surface area contributed by atoms with Gasteiger partial charge in [0.15, 0.2) is 5.03 Å². The third-order valence-corrected chi connectivity index (χ3v) is 4.27. The zero-order chi connectivity index (χ0) is 12.3. The molecule has 1 heterocycles. The summed E-state index contributed by atoms with van der Waals surface area (Å²) in [6, 6.07) is 3.00. The Balaban J connectivity index is 2.14. The van der Waals surface area contributed by atoms with Crippen LogP contribution in [0.2, 0.25) is 0 Å². The summed E-state index contributed by atoms with van der Waals surface area (Å²) >= 11 is 1.32. The van der Waals surface area contributed by atoms with E-state index in [-0.39, 0.29) is 17.0 Å². The molecule has 1 aliphatic rings. The number of thioether (sulfide) groups is 1. The van der Waals surface area contributed by atoms with Crippen molar-refractivity contribution in [3.05, 3.63) is 28.4 Å². The van der Waals surface area contributed by atoms with Gasteiger partial charge < -0.3 is 5.11 Å². The smallest absolute Gasteiger partial charge is 0.301 e. The Morgan fingerprint density at radius 2 is 2.24 bits per heavy atom. The third kappa shape index (κ3) is 2.95. The first-order chi connectivity index (χ1) is 8.18. The molecule has 1 N–H and O–H groups in total. The average Bonchev–Trinajstić information content (AvgIpc) is 2.32. The molecule has 0 radical (unpaired) electrons. The number of pyridine rings is 1. The van der Waals surface area contributed by atoms with E-state index in [0.29, 0.717) is 5.03 Å². The van der Waals surface area contributed by atoms with Crippen LogP contribution < -0.4 is 0 Å². The van der Waals surface area contributed by atoms with Crippen LogP contribution in [0, 0.1) is 10.1 Å². The molecule has 0 aromatic carbocycles. The zero-order valence-electron chi connectivity index (χ0n) is 9.28. The van der Waals surface area contributed by atoms with Crippen molar-refractivity contribution < 1.29 is 10.0 Å². The minimum Gasteiger partial charge on any atom is -0.392 e. The van der Waals surface area contributed by atoms with Gasteiger partial charge in [0.25, 0.3) is 0 Å². The van der Waals surface area contributed by atoms with Crippen molar-refractivity contribution in [2.75, 3.05) is 0 Å². The van der Waals surface area contributed by atoms with Gasteiger partial charge in [0.05, 0.1) is 11.0 Å². The fraction of sp³-hybridized carbons (Fsp3) is 0.545. The second kappa shape index (κ2) is 5.46. The number of nitro groups is 1. The van der Waals surface area contributed by atoms with Gasteiger partial charge in [0.2, 0.25) is 0 Å². The minimum absolute atomic E-state index is 0.0234. The van der Waals surface area contributed by atoms with Crippen molar-refractivity contribution in [2.24, 2.45) is 0 Å². The normalized spacial score (nSPS) is 24.5. The summed E-state index contributed by atoms with van der Waals surface area (Å²) in [5.41, 5.74) is 0.0234. The Labute approximate surface area is 103 Å². The third-order valence-electron chi connectivity index (χ3n) is 2.88. The maximum Gasteiger partial charge on any atom is 0.301 e. The summed E-state index contributed by atoms with van der Waals surface area (Å²) in [6.07, 6.45) is 4.93. The lowest BCUT2D eigenvalue weighted by Crippen LogP contribution is -2.26. The van der Waals surface area contributed by atoms with Crippen LogP contribution in [0.25, 0.3) is 0 Å². The minimum atomic E-state index is -0.426. The number of nitrogens with zero attached hydrogens (tertiary/aromatic N) is 2. The van der Waals surface area contributed by atoms with Crippen LogP contribution >= 0.6 is 11.8 Å². The molecule has 6 heteroatoms. The van der Waals surface area contributed by atoms with Crippen LogP contribution in [0.4, 0.5) is 5.69 Å². The van der Waals surface area contributed by atoms with E-state index < -0.39 is 4.92 Å². The summed E-state index contributed by atoms with van der Waals surface area (Å²) < 4.78 is 0. The average molecular weight is 254 g/mol. The predicted molar refractivity (Wildman–Crippen MR) is 65.0 cm³/mol. The van der Waals surface area contributed by atoms with Crippen LogP contribution in [0.1, 0.15) is 25.7 Å². The lowest BCUT2D eigenvalue weighted by atomic mass is 9.97. The molecule has 0 amide bonds. The Hall–Kier alpha value is -1.14. The van der Waals surface area contributed by atoms with Gasteiger partial charge in [-0.3, -0.25) is 10.1 Å². The molecule has 1 fully saturated rings. The number of hydrogen-bond acceptors (Lipinski definition) is 5. The monoisotopic (exact) mass is 254 g/mol. The lowest BCUT2D eigenvalue weighted by molar-refractivity contribution is -0.388. The van der Waals surface area contributed by atoms with Crippen molar-refractivity contribution in [1.82, 2.24) is 4.98 Å². The van der Waals surface area contributed by atoms with Gasteiger partial charge in [-0.15, -0.1) is 0 Å². The van der Waals surface area contributed by atoms with Gasteiger partial charge in [-0.25, -0.2) is 4.98 Å². The first-order valence-electron chi connectivity index (χ1n) is 5.62. The molecule has 0 bridgehead atoms. The fourth-order valence-electron chi connectivity index (χ4n) is 1.97. The molecule has 2 rings (SSSR count). The van der Waals surface area contributed by atoms with E-state index >= 15 is 0 Å². The molecule has 5 nitrogen and oxygen atoms in total.